The Morgan fingerprint density at radius 3 is 2.57 bits per heavy atom. The molecule has 1 aromatic carbocycles. The molecule has 0 aliphatic rings. The van der Waals surface area contributed by atoms with Gasteiger partial charge in [0.15, 0.2) is 0 Å². The van der Waals surface area contributed by atoms with Crippen molar-refractivity contribution in [2.45, 2.75) is 27.7 Å². The van der Waals surface area contributed by atoms with Crippen LogP contribution in [0.4, 0.5) is 5.69 Å². The average molecular weight is 303 g/mol. The Morgan fingerprint density at radius 1 is 1.00 bits per heavy atom. The molecule has 0 atom stereocenters. The first kappa shape index (κ1) is 15.2. The first-order valence-electron chi connectivity index (χ1n) is 7.78. The van der Waals surface area contributed by atoms with Crippen LogP contribution in [-0.2, 0) is 0 Å². The Balaban J connectivity index is 1.99. The summed E-state index contributed by atoms with van der Waals surface area (Å²) in [6.07, 6.45) is 3.77. The van der Waals surface area contributed by atoms with Crippen LogP contribution in [0.15, 0.2) is 53.7 Å². The molecule has 3 nitrogen and oxygen atoms in total. The Morgan fingerprint density at radius 2 is 1.83 bits per heavy atom. The minimum absolute atomic E-state index is 0.939. The summed E-state index contributed by atoms with van der Waals surface area (Å²) in [5.41, 5.74) is 6.85. The molecule has 0 saturated heterocycles. The van der Waals surface area contributed by atoms with E-state index in [4.69, 9.17) is 0 Å². The van der Waals surface area contributed by atoms with Crippen molar-refractivity contribution in [1.82, 2.24) is 9.55 Å². The van der Waals surface area contributed by atoms with E-state index in [0.717, 1.165) is 28.5 Å². The van der Waals surface area contributed by atoms with Crippen molar-refractivity contribution in [3.63, 3.8) is 0 Å². The molecule has 0 bridgehead atoms. The van der Waals surface area contributed by atoms with E-state index in [1.807, 2.05) is 30.6 Å². The number of aliphatic imine (C=N–C) groups is 1. The fourth-order valence-corrected chi connectivity index (χ4v) is 2.75. The largest absolute Gasteiger partial charge is 0.303 e. The second kappa shape index (κ2) is 6.21. The fourth-order valence-electron chi connectivity index (χ4n) is 2.75. The van der Waals surface area contributed by atoms with Crippen LogP contribution in [-0.4, -0.2) is 15.8 Å². The van der Waals surface area contributed by atoms with Crippen LogP contribution in [0.25, 0.3) is 5.82 Å². The lowest BCUT2D eigenvalue weighted by atomic mass is 10.1. The molecule has 3 rings (SSSR count). The van der Waals surface area contributed by atoms with Gasteiger partial charge in [0, 0.05) is 29.4 Å². The second-order valence-corrected chi connectivity index (χ2v) is 5.90. The van der Waals surface area contributed by atoms with Crippen LogP contribution in [0.1, 0.15) is 28.1 Å². The fraction of sp³-hybridized carbons (Fsp3) is 0.200. The van der Waals surface area contributed by atoms with Crippen molar-refractivity contribution in [2.24, 2.45) is 4.99 Å². The number of aryl methyl sites for hydroxylation is 3. The summed E-state index contributed by atoms with van der Waals surface area (Å²) in [5, 5.41) is 0. The van der Waals surface area contributed by atoms with Gasteiger partial charge in [0.2, 0.25) is 0 Å². The maximum absolute atomic E-state index is 4.69. The Labute approximate surface area is 137 Å². The first-order valence-corrected chi connectivity index (χ1v) is 7.78. The zero-order chi connectivity index (χ0) is 16.4. The van der Waals surface area contributed by atoms with Gasteiger partial charge >= 0.3 is 0 Å². The van der Waals surface area contributed by atoms with E-state index in [2.05, 4.69) is 66.5 Å². The van der Waals surface area contributed by atoms with E-state index < -0.39 is 0 Å². The predicted molar refractivity (Wildman–Crippen MR) is 96.2 cm³/mol. The molecule has 0 aliphatic heterocycles. The first-order chi connectivity index (χ1) is 11.1. The third-order valence-electron chi connectivity index (χ3n) is 4.06. The van der Waals surface area contributed by atoms with E-state index in [1.54, 1.807) is 0 Å². The smallest absolute Gasteiger partial charge is 0.136 e. The lowest BCUT2D eigenvalue weighted by Crippen LogP contribution is -2.01. The highest BCUT2D eigenvalue weighted by atomic mass is 15.1. The van der Waals surface area contributed by atoms with Gasteiger partial charge in [-0.1, -0.05) is 18.2 Å². The van der Waals surface area contributed by atoms with E-state index in [9.17, 15) is 0 Å². The molecule has 0 amide bonds. The molecule has 0 radical (unpaired) electrons. The van der Waals surface area contributed by atoms with E-state index >= 15 is 0 Å². The van der Waals surface area contributed by atoms with Crippen molar-refractivity contribution in [2.75, 3.05) is 0 Å². The van der Waals surface area contributed by atoms with Gasteiger partial charge in [0.05, 0.1) is 5.69 Å². The molecular weight excluding hydrogens is 282 g/mol. The highest BCUT2D eigenvalue weighted by molar-refractivity contribution is 5.84. The summed E-state index contributed by atoms with van der Waals surface area (Å²) in [6, 6.07) is 14.4. The van der Waals surface area contributed by atoms with Crippen LogP contribution >= 0.6 is 0 Å². The average Bonchev–Trinajstić information content (AvgIpc) is 2.83. The third-order valence-corrected chi connectivity index (χ3v) is 4.06. The number of hydrogen-bond acceptors (Lipinski definition) is 2. The summed E-state index contributed by atoms with van der Waals surface area (Å²) < 4.78 is 2.16. The number of nitrogens with zero attached hydrogens (tertiary/aromatic N) is 3. The van der Waals surface area contributed by atoms with Crippen LogP contribution in [0.5, 0.6) is 0 Å². The normalized spacial score (nSPS) is 11.3. The van der Waals surface area contributed by atoms with Crippen LogP contribution in [0.2, 0.25) is 0 Å². The Kier molecular flexibility index (Phi) is 4.11. The molecule has 0 spiro atoms. The SMILES string of the molecule is Cc1ccc(C)c(N=Cc2cc(C)n(-c3ccccn3)c2C)c1. The van der Waals surface area contributed by atoms with Crippen molar-refractivity contribution >= 4 is 11.9 Å². The van der Waals surface area contributed by atoms with Gasteiger partial charge < -0.3 is 4.57 Å². The van der Waals surface area contributed by atoms with Gasteiger partial charge in [-0.25, -0.2) is 4.98 Å². The molecule has 116 valence electrons. The van der Waals surface area contributed by atoms with Crippen molar-refractivity contribution in [1.29, 1.82) is 0 Å². The van der Waals surface area contributed by atoms with Gasteiger partial charge in [-0.2, -0.15) is 0 Å². The molecule has 3 heteroatoms. The molecule has 2 heterocycles. The van der Waals surface area contributed by atoms with Crippen LogP contribution < -0.4 is 0 Å². The molecule has 3 aromatic rings. The highest BCUT2D eigenvalue weighted by Gasteiger charge is 2.09. The van der Waals surface area contributed by atoms with Crippen molar-refractivity contribution < 1.29 is 0 Å². The molecule has 23 heavy (non-hydrogen) atoms. The Bertz CT molecular complexity index is 858. The summed E-state index contributed by atoms with van der Waals surface area (Å²) in [5.74, 6) is 0.939. The lowest BCUT2D eigenvalue weighted by Gasteiger charge is -2.07. The molecule has 0 N–H and O–H groups in total. The van der Waals surface area contributed by atoms with E-state index in [-0.39, 0.29) is 0 Å². The second-order valence-electron chi connectivity index (χ2n) is 5.90. The summed E-state index contributed by atoms with van der Waals surface area (Å²) in [7, 11) is 0. The van der Waals surface area contributed by atoms with E-state index in [1.165, 1.54) is 11.1 Å². The predicted octanol–water partition coefficient (Wildman–Crippen LogP) is 4.86. The molecule has 0 unspecified atom stereocenters. The number of pyridine rings is 1. The number of hydrogen-bond donors (Lipinski definition) is 0. The molecule has 0 aliphatic carbocycles. The number of aromatic nitrogens is 2. The number of rotatable bonds is 3. The van der Waals surface area contributed by atoms with Gasteiger partial charge in [-0.3, -0.25) is 4.99 Å². The summed E-state index contributed by atoms with van der Waals surface area (Å²) in [4.78, 5) is 9.13. The van der Waals surface area contributed by atoms with Crippen LogP contribution in [0, 0.1) is 27.7 Å². The van der Waals surface area contributed by atoms with Crippen molar-refractivity contribution in [3.05, 3.63) is 76.7 Å². The quantitative estimate of drug-likeness (QED) is 0.636. The third kappa shape index (κ3) is 3.09. The standard InChI is InChI=1S/C20H21N3/c1-14-8-9-15(2)19(11-14)22-13-18-12-16(3)23(17(18)4)20-7-5-6-10-21-20/h5-13H,1-4H3. The van der Waals surface area contributed by atoms with Gasteiger partial charge in [0.1, 0.15) is 5.82 Å². The number of benzene rings is 1. The maximum atomic E-state index is 4.69. The van der Waals surface area contributed by atoms with E-state index in [0.29, 0.717) is 0 Å². The van der Waals surface area contributed by atoms with Gasteiger partial charge in [-0.05, 0) is 63.1 Å². The molecule has 0 saturated carbocycles. The van der Waals surface area contributed by atoms with Crippen LogP contribution in [0.3, 0.4) is 0 Å². The topological polar surface area (TPSA) is 30.2 Å². The summed E-state index contributed by atoms with van der Waals surface area (Å²) in [6.45, 7) is 8.37. The highest BCUT2D eigenvalue weighted by Crippen LogP contribution is 2.22. The maximum Gasteiger partial charge on any atom is 0.136 e. The zero-order valence-electron chi connectivity index (χ0n) is 14.0. The minimum atomic E-state index is 0.939. The Hall–Kier alpha value is -2.68. The zero-order valence-corrected chi connectivity index (χ0v) is 14.0. The monoisotopic (exact) mass is 303 g/mol. The van der Waals surface area contributed by atoms with Gasteiger partial charge in [-0.15, -0.1) is 0 Å². The molecule has 0 fully saturated rings. The minimum Gasteiger partial charge on any atom is -0.303 e. The molecular formula is C20H21N3. The van der Waals surface area contributed by atoms with Gasteiger partial charge in [0.25, 0.3) is 0 Å². The summed E-state index contributed by atoms with van der Waals surface area (Å²) >= 11 is 0. The lowest BCUT2D eigenvalue weighted by molar-refractivity contribution is 0.921. The van der Waals surface area contributed by atoms with Crippen molar-refractivity contribution in [3.8, 4) is 5.82 Å². The molecule has 2 aromatic heterocycles.